The molecule has 0 amide bonds. The lowest BCUT2D eigenvalue weighted by Gasteiger charge is -2.39. The van der Waals surface area contributed by atoms with Gasteiger partial charge in [-0.25, -0.2) is 8.42 Å². The third kappa shape index (κ3) is 5.27. The maximum Gasteiger partial charge on any atom is 0.269 e. The first-order valence-electron chi connectivity index (χ1n) is 9.77. The Morgan fingerprint density at radius 2 is 1.70 bits per heavy atom. The molecule has 27 heavy (non-hydrogen) atoms. The van der Waals surface area contributed by atoms with Gasteiger partial charge < -0.3 is 0 Å². The molecule has 7 nitrogen and oxygen atoms in total. The maximum atomic E-state index is 12.2. The molecule has 0 aromatic heterocycles. The fraction of sp³-hybridized carbons (Fsp3) is 0.684. The average molecular weight is 396 g/mol. The van der Waals surface area contributed by atoms with Crippen LogP contribution in [0.15, 0.2) is 24.3 Å². The molecule has 1 aromatic rings. The van der Waals surface area contributed by atoms with E-state index in [9.17, 15) is 18.5 Å². The molecule has 8 heteroatoms. The van der Waals surface area contributed by atoms with Crippen molar-refractivity contribution in [3.63, 3.8) is 0 Å². The fourth-order valence-electron chi connectivity index (χ4n) is 4.47. The number of hydrogen-bond acceptors (Lipinski definition) is 5. The molecule has 2 saturated heterocycles. The first-order valence-corrected chi connectivity index (χ1v) is 11.6. The van der Waals surface area contributed by atoms with Crippen LogP contribution in [0.3, 0.4) is 0 Å². The number of hydrogen-bond donors (Lipinski definition) is 0. The van der Waals surface area contributed by atoms with Gasteiger partial charge in [0, 0.05) is 31.3 Å². The molecule has 3 rings (SSSR count). The zero-order valence-corrected chi connectivity index (χ0v) is 16.7. The van der Waals surface area contributed by atoms with E-state index in [1.807, 2.05) is 12.1 Å². The second-order valence-corrected chi connectivity index (χ2v) is 9.76. The van der Waals surface area contributed by atoms with E-state index < -0.39 is 10.0 Å². The van der Waals surface area contributed by atoms with Crippen LogP contribution in [0.5, 0.6) is 0 Å². The van der Waals surface area contributed by atoms with Gasteiger partial charge in [0.15, 0.2) is 0 Å². The van der Waals surface area contributed by atoms with Gasteiger partial charge in [-0.2, -0.15) is 4.31 Å². The number of rotatable bonds is 5. The molecule has 0 bridgehead atoms. The molecule has 0 saturated carbocycles. The van der Waals surface area contributed by atoms with Gasteiger partial charge in [-0.1, -0.05) is 25.0 Å². The summed E-state index contributed by atoms with van der Waals surface area (Å²) in [5, 5.41) is 10.8. The second kappa shape index (κ2) is 8.67. The summed E-state index contributed by atoms with van der Waals surface area (Å²) in [7, 11) is -3.16. The first-order chi connectivity index (χ1) is 12.8. The number of benzene rings is 1. The number of likely N-dealkylation sites (tertiary alicyclic amines) is 1. The molecule has 1 aromatic carbocycles. The summed E-state index contributed by atoms with van der Waals surface area (Å²) in [6.45, 7) is 3.32. The highest BCUT2D eigenvalue weighted by atomic mass is 32.2. The zero-order chi connectivity index (χ0) is 19.4. The minimum absolute atomic E-state index is 0.117. The number of piperidine rings is 1. The van der Waals surface area contributed by atoms with E-state index in [0.717, 1.165) is 63.7 Å². The molecule has 0 spiro atoms. The third-order valence-electron chi connectivity index (χ3n) is 5.90. The Morgan fingerprint density at radius 1 is 1.04 bits per heavy atom. The highest BCUT2D eigenvalue weighted by Crippen LogP contribution is 2.31. The van der Waals surface area contributed by atoms with Crippen molar-refractivity contribution in [2.24, 2.45) is 5.92 Å². The largest absolute Gasteiger partial charge is 0.299 e. The molecule has 2 fully saturated rings. The number of non-ortho nitro benzene ring substituents is 1. The molecule has 2 aliphatic heterocycles. The van der Waals surface area contributed by atoms with E-state index in [0.29, 0.717) is 12.5 Å². The Morgan fingerprint density at radius 3 is 2.30 bits per heavy atom. The van der Waals surface area contributed by atoms with Crippen molar-refractivity contribution in [1.29, 1.82) is 0 Å². The molecular formula is C19H29N3O4S. The summed E-state index contributed by atoms with van der Waals surface area (Å²) in [5.41, 5.74) is 1.19. The summed E-state index contributed by atoms with van der Waals surface area (Å²) in [4.78, 5) is 12.7. The monoisotopic (exact) mass is 395 g/mol. The topological polar surface area (TPSA) is 83.8 Å². The first kappa shape index (κ1) is 20.2. The van der Waals surface area contributed by atoms with Gasteiger partial charge in [-0.05, 0) is 50.3 Å². The van der Waals surface area contributed by atoms with Crippen LogP contribution < -0.4 is 0 Å². The standard InChI is InChI=1S/C19H29N3O4S/c1-27(25,26)21-12-4-2-3-5-19(21)17-10-13-20(14-11-17)15-16-6-8-18(9-7-16)22(23)24/h6-9,17,19H,2-5,10-15H2,1H3. The van der Waals surface area contributed by atoms with Crippen molar-refractivity contribution in [1.82, 2.24) is 9.21 Å². The molecule has 2 heterocycles. The van der Waals surface area contributed by atoms with Crippen molar-refractivity contribution < 1.29 is 13.3 Å². The Balaban J connectivity index is 1.58. The average Bonchev–Trinajstić information content (AvgIpc) is 2.89. The van der Waals surface area contributed by atoms with Crippen LogP contribution >= 0.6 is 0 Å². The van der Waals surface area contributed by atoms with Crippen LogP contribution in [0.25, 0.3) is 0 Å². The van der Waals surface area contributed by atoms with Crippen molar-refractivity contribution in [2.75, 3.05) is 25.9 Å². The number of nitrogens with zero attached hydrogens (tertiary/aromatic N) is 3. The normalized spacial score (nSPS) is 23.8. The van der Waals surface area contributed by atoms with Crippen LogP contribution in [0.4, 0.5) is 5.69 Å². The number of nitro benzene ring substituents is 1. The lowest BCUT2D eigenvalue weighted by molar-refractivity contribution is -0.384. The highest BCUT2D eigenvalue weighted by Gasteiger charge is 2.35. The van der Waals surface area contributed by atoms with Crippen LogP contribution in [0.2, 0.25) is 0 Å². The van der Waals surface area contributed by atoms with E-state index >= 15 is 0 Å². The van der Waals surface area contributed by atoms with Crippen LogP contribution in [-0.2, 0) is 16.6 Å². The summed E-state index contributed by atoms with van der Waals surface area (Å²) in [5.74, 6) is 0.422. The van der Waals surface area contributed by atoms with Gasteiger partial charge in [-0.15, -0.1) is 0 Å². The Bertz CT molecular complexity index is 743. The van der Waals surface area contributed by atoms with Gasteiger partial charge in [0.2, 0.25) is 10.0 Å². The van der Waals surface area contributed by atoms with Gasteiger partial charge in [0.1, 0.15) is 0 Å². The van der Waals surface area contributed by atoms with Gasteiger partial charge in [-0.3, -0.25) is 15.0 Å². The van der Waals surface area contributed by atoms with E-state index in [4.69, 9.17) is 0 Å². The lowest BCUT2D eigenvalue weighted by Crippen LogP contribution is -2.47. The second-order valence-electron chi connectivity index (χ2n) is 7.83. The molecule has 0 aliphatic carbocycles. The van der Waals surface area contributed by atoms with E-state index in [1.54, 1.807) is 16.4 Å². The van der Waals surface area contributed by atoms with E-state index in [1.165, 1.54) is 6.26 Å². The van der Waals surface area contributed by atoms with Crippen molar-refractivity contribution in [3.05, 3.63) is 39.9 Å². The molecule has 0 N–H and O–H groups in total. The zero-order valence-electron chi connectivity index (χ0n) is 15.9. The molecule has 1 atom stereocenters. The SMILES string of the molecule is CS(=O)(=O)N1CCCCCC1C1CCN(Cc2ccc([N+](=O)[O-])cc2)CC1. The highest BCUT2D eigenvalue weighted by molar-refractivity contribution is 7.88. The molecule has 0 radical (unpaired) electrons. The molecular weight excluding hydrogens is 366 g/mol. The minimum atomic E-state index is -3.16. The lowest BCUT2D eigenvalue weighted by atomic mass is 9.87. The predicted molar refractivity (Wildman–Crippen MR) is 105 cm³/mol. The molecule has 1 unspecified atom stereocenters. The third-order valence-corrected chi connectivity index (χ3v) is 7.21. The summed E-state index contributed by atoms with van der Waals surface area (Å²) in [6.07, 6.45) is 7.51. The summed E-state index contributed by atoms with van der Waals surface area (Å²) in [6, 6.07) is 6.89. The van der Waals surface area contributed by atoms with Crippen molar-refractivity contribution in [3.8, 4) is 0 Å². The quantitative estimate of drug-likeness (QED) is 0.565. The Labute approximate surface area is 161 Å². The van der Waals surface area contributed by atoms with E-state index in [-0.39, 0.29) is 16.7 Å². The summed E-state index contributed by atoms with van der Waals surface area (Å²) >= 11 is 0. The molecule has 150 valence electrons. The van der Waals surface area contributed by atoms with Gasteiger partial charge in [0.05, 0.1) is 11.2 Å². The smallest absolute Gasteiger partial charge is 0.269 e. The summed E-state index contributed by atoms with van der Waals surface area (Å²) < 4.78 is 26.2. The Kier molecular flexibility index (Phi) is 6.49. The predicted octanol–water partition coefficient (Wildman–Crippen LogP) is 3.01. The van der Waals surface area contributed by atoms with E-state index in [2.05, 4.69) is 4.90 Å². The minimum Gasteiger partial charge on any atom is -0.299 e. The molecule has 2 aliphatic rings. The van der Waals surface area contributed by atoms with Crippen LogP contribution in [0.1, 0.15) is 44.1 Å². The Hall–Kier alpha value is -1.51. The van der Waals surface area contributed by atoms with Gasteiger partial charge in [0.25, 0.3) is 5.69 Å². The van der Waals surface area contributed by atoms with Crippen molar-refractivity contribution in [2.45, 2.75) is 51.1 Å². The number of nitro groups is 1. The van der Waals surface area contributed by atoms with Crippen molar-refractivity contribution >= 4 is 15.7 Å². The fourth-order valence-corrected chi connectivity index (χ4v) is 5.70. The maximum absolute atomic E-state index is 12.2. The van der Waals surface area contributed by atoms with Crippen LogP contribution in [0, 0.1) is 16.0 Å². The van der Waals surface area contributed by atoms with Gasteiger partial charge >= 0.3 is 0 Å². The number of sulfonamides is 1. The van der Waals surface area contributed by atoms with Crippen LogP contribution in [-0.4, -0.2) is 54.5 Å².